The topological polar surface area (TPSA) is 18.5 Å². The summed E-state index contributed by atoms with van der Waals surface area (Å²) in [7, 11) is 0. The Balaban J connectivity index is 2.26. The van der Waals surface area contributed by atoms with Gasteiger partial charge >= 0.3 is 0 Å². The average molecular weight is 219 g/mol. The van der Waals surface area contributed by atoms with E-state index in [1.54, 1.807) is 0 Å². The van der Waals surface area contributed by atoms with E-state index < -0.39 is 0 Å². The molecular weight excluding hydrogens is 200 g/mol. The van der Waals surface area contributed by atoms with E-state index >= 15 is 0 Å². The molecule has 1 aliphatic heterocycles. The summed E-state index contributed by atoms with van der Waals surface area (Å²) >= 11 is 5.62. The summed E-state index contributed by atoms with van der Waals surface area (Å²) in [6.45, 7) is 8.56. The van der Waals surface area contributed by atoms with Crippen LogP contribution in [0.25, 0.3) is 0 Å². The van der Waals surface area contributed by atoms with E-state index in [1.807, 2.05) is 0 Å². The zero-order chi connectivity index (χ0) is 10.6. The molecule has 2 nitrogen and oxygen atoms in total. The lowest BCUT2D eigenvalue weighted by Crippen LogP contribution is -2.34. The zero-order valence-corrected chi connectivity index (χ0v) is 9.72. The lowest BCUT2D eigenvalue weighted by atomic mass is 10.0. The van der Waals surface area contributed by atoms with E-state index in [4.69, 9.17) is 21.1 Å². The van der Waals surface area contributed by atoms with Gasteiger partial charge in [-0.15, -0.1) is 11.6 Å². The molecule has 1 fully saturated rings. The van der Waals surface area contributed by atoms with E-state index in [9.17, 15) is 0 Å². The van der Waals surface area contributed by atoms with Crippen molar-refractivity contribution in [1.29, 1.82) is 0 Å². The Labute approximate surface area is 91.2 Å². The molecule has 0 amide bonds. The van der Waals surface area contributed by atoms with E-state index in [0.717, 1.165) is 18.4 Å². The molecule has 0 aromatic heterocycles. The molecule has 0 spiro atoms. The molecule has 0 aliphatic carbocycles. The zero-order valence-electron chi connectivity index (χ0n) is 8.96. The number of rotatable bonds is 4. The van der Waals surface area contributed by atoms with E-state index in [2.05, 4.69) is 20.4 Å². The Morgan fingerprint density at radius 2 is 2.00 bits per heavy atom. The molecule has 0 N–H and O–H groups in total. The molecule has 2 unspecified atom stereocenters. The van der Waals surface area contributed by atoms with Crippen molar-refractivity contribution in [3.05, 3.63) is 12.2 Å². The fourth-order valence-corrected chi connectivity index (χ4v) is 1.83. The largest absolute Gasteiger partial charge is 0.375 e. The average Bonchev–Trinajstić information content (AvgIpc) is 2.12. The molecule has 2 atom stereocenters. The van der Waals surface area contributed by atoms with Crippen molar-refractivity contribution in [3.63, 3.8) is 0 Å². The number of halogens is 1. The van der Waals surface area contributed by atoms with Crippen LogP contribution in [0.1, 0.15) is 26.7 Å². The summed E-state index contributed by atoms with van der Waals surface area (Å²) in [5.41, 5.74) is 0.943. The predicted octanol–water partition coefficient (Wildman–Crippen LogP) is 2.75. The maximum Gasteiger partial charge on any atom is 0.0689 e. The second-order valence-electron chi connectivity index (χ2n) is 4.05. The van der Waals surface area contributed by atoms with Crippen LogP contribution in [0.2, 0.25) is 0 Å². The smallest absolute Gasteiger partial charge is 0.0689 e. The highest BCUT2D eigenvalue weighted by molar-refractivity contribution is 6.19. The van der Waals surface area contributed by atoms with Gasteiger partial charge in [0.05, 0.1) is 24.9 Å². The molecule has 0 radical (unpaired) electrons. The summed E-state index contributed by atoms with van der Waals surface area (Å²) in [6.07, 6.45) is 2.84. The van der Waals surface area contributed by atoms with Crippen LogP contribution in [0.5, 0.6) is 0 Å². The number of hydrogen-bond acceptors (Lipinski definition) is 2. The van der Waals surface area contributed by atoms with Crippen LogP contribution in [0.4, 0.5) is 0 Å². The first-order chi connectivity index (χ1) is 6.61. The van der Waals surface area contributed by atoms with E-state index in [1.165, 1.54) is 0 Å². The molecule has 1 rings (SSSR count). The summed E-state index contributed by atoms with van der Waals surface area (Å²) in [5.74, 6) is 0.480. The quantitative estimate of drug-likeness (QED) is 0.534. The maximum atomic E-state index is 5.71. The van der Waals surface area contributed by atoms with Crippen LogP contribution in [0.15, 0.2) is 12.2 Å². The third kappa shape index (κ3) is 3.99. The second kappa shape index (κ2) is 5.74. The van der Waals surface area contributed by atoms with Crippen molar-refractivity contribution >= 4 is 11.6 Å². The van der Waals surface area contributed by atoms with Gasteiger partial charge < -0.3 is 9.47 Å². The van der Waals surface area contributed by atoms with Crippen molar-refractivity contribution in [3.8, 4) is 0 Å². The predicted molar refractivity (Wildman–Crippen MR) is 58.8 cm³/mol. The van der Waals surface area contributed by atoms with Gasteiger partial charge in [0.1, 0.15) is 0 Å². The number of hydrogen-bond donors (Lipinski definition) is 0. The minimum absolute atomic E-state index is 0.299. The highest BCUT2D eigenvalue weighted by Crippen LogP contribution is 2.21. The van der Waals surface area contributed by atoms with Crippen LogP contribution < -0.4 is 0 Å². The molecule has 0 aromatic carbocycles. The van der Waals surface area contributed by atoms with Crippen molar-refractivity contribution in [2.24, 2.45) is 0 Å². The molecule has 82 valence electrons. The summed E-state index contributed by atoms with van der Waals surface area (Å²) in [4.78, 5) is 0. The fraction of sp³-hybridized carbons (Fsp3) is 0.818. The van der Waals surface area contributed by atoms with Crippen molar-refractivity contribution in [1.82, 2.24) is 0 Å². The van der Waals surface area contributed by atoms with Gasteiger partial charge in [-0.05, 0) is 32.3 Å². The van der Waals surface area contributed by atoms with Crippen LogP contribution in [0, 0.1) is 0 Å². The fourth-order valence-electron chi connectivity index (χ4n) is 1.75. The van der Waals surface area contributed by atoms with Crippen LogP contribution in [-0.2, 0) is 9.47 Å². The molecule has 0 aromatic rings. The molecule has 0 saturated carbocycles. The molecule has 3 heteroatoms. The van der Waals surface area contributed by atoms with Gasteiger partial charge in [-0.2, -0.15) is 0 Å². The molecular formula is C11H19ClO2. The third-order valence-electron chi connectivity index (χ3n) is 2.37. The lowest BCUT2D eigenvalue weighted by Gasteiger charge is -2.32. The monoisotopic (exact) mass is 218 g/mol. The van der Waals surface area contributed by atoms with Gasteiger partial charge in [0.2, 0.25) is 0 Å². The molecule has 14 heavy (non-hydrogen) atoms. The first-order valence-electron chi connectivity index (χ1n) is 5.11. The highest BCUT2D eigenvalue weighted by atomic mass is 35.5. The Bertz CT molecular complexity index is 184. The van der Waals surface area contributed by atoms with Crippen molar-refractivity contribution < 1.29 is 9.47 Å². The molecule has 0 bridgehead atoms. The second-order valence-corrected chi connectivity index (χ2v) is 4.31. The lowest BCUT2D eigenvalue weighted by molar-refractivity contribution is -0.0977. The van der Waals surface area contributed by atoms with Gasteiger partial charge in [-0.25, -0.2) is 0 Å². The third-order valence-corrected chi connectivity index (χ3v) is 2.74. The maximum absolute atomic E-state index is 5.71. The summed E-state index contributed by atoms with van der Waals surface area (Å²) < 4.78 is 11.3. The Kier molecular flexibility index (Phi) is 4.93. The van der Waals surface area contributed by atoms with Gasteiger partial charge in [0.15, 0.2) is 0 Å². The Morgan fingerprint density at radius 3 is 2.50 bits per heavy atom. The first-order valence-corrected chi connectivity index (χ1v) is 5.65. The Hall–Kier alpha value is -0.0500. The molecule has 1 aliphatic rings. The number of ether oxygens (including phenoxy) is 2. The number of alkyl halides is 1. The first kappa shape index (κ1) is 12.0. The van der Waals surface area contributed by atoms with Crippen molar-refractivity contribution in [2.75, 3.05) is 12.5 Å². The van der Waals surface area contributed by atoms with Gasteiger partial charge in [-0.3, -0.25) is 0 Å². The normalized spacial score (nSPS) is 32.9. The van der Waals surface area contributed by atoms with Gasteiger partial charge in [0, 0.05) is 5.88 Å². The standard InChI is InChI=1S/C11H19ClO2/c1-8(6-12)7-13-11-4-9(2)14-10(3)5-11/h9-11H,1,4-7H2,2-3H3. The minimum Gasteiger partial charge on any atom is -0.375 e. The van der Waals surface area contributed by atoms with Crippen LogP contribution >= 0.6 is 11.6 Å². The van der Waals surface area contributed by atoms with Crippen LogP contribution in [-0.4, -0.2) is 30.8 Å². The van der Waals surface area contributed by atoms with Gasteiger partial charge in [0.25, 0.3) is 0 Å². The summed E-state index contributed by atoms with van der Waals surface area (Å²) in [6, 6.07) is 0. The summed E-state index contributed by atoms with van der Waals surface area (Å²) in [5, 5.41) is 0. The van der Waals surface area contributed by atoms with Gasteiger partial charge in [-0.1, -0.05) is 6.58 Å². The van der Waals surface area contributed by atoms with E-state index in [0.29, 0.717) is 30.8 Å². The SMILES string of the molecule is C=C(CCl)COC1CC(C)OC(C)C1. The van der Waals surface area contributed by atoms with Crippen molar-refractivity contribution in [2.45, 2.75) is 45.0 Å². The Morgan fingerprint density at radius 1 is 1.43 bits per heavy atom. The van der Waals surface area contributed by atoms with Crippen LogP contribution in [0.3, 0.4) is 0 Å². The highest BCUT2D eigenvalue weighted by Gasteiger charge is 2.24. The minimum atomic E-state index is 0.299. The molecule has 1 saturated heterocycles. The molecule has 1 heterocycles. The van der Waals surface area contributed by atoms with E-state index in [-0.39, 0.29) is 0 Å².